The van der Waals surface area contributed by atoms with Gasteiger partial charge in [0.25, 0.3) is 5.91 Å². The summed E-state index contributed by atoms with van der Waals surface area (Å²) in [5.41, 5.74) is 1.99. The van der Waals surface area contributed by atoms with Crippen molar-refractivity contribution in [3.8, 4) is 5.69 Å². The van der Waals surface area contributed by atoms with Crippen molar-refractivity contribution in [2.24, 2.45) is 5.92 Å². The van der Waals surface area contributed by atoms with E-state index in [1.165, 1.54) is 11.3 Å². The van der Waals surface area contributed by atoms with Gasteiger partial charge in [0.2, 0.25) is 5.91 Å². The molecule has 2 heterocycles. The quantitative estimate of drug-likeness (QED) is 0.641. The predicted octanol–water partition coefficient (Wildman–Crippen LogP) is 3.57. The minimum absolute atomic E-state index is 0.0280. The summed E-state index contributed by atoms with van der Waals surface area (Å²) < 4.78 is 1.92. The minimum atomic E-state index is -0.595. The maximum Gasteiger partial charge on any atom is 0.262 e. The van der Waals surface area contributed by atoms with Gasteiger partial charge in [-0.15, -0.1) is 11.3 Å². The summed E-state index contributed by atoms with van der Waals surface area (Å²) in [6.45, 7) is 5.77. The van der Waals surface area contributed by atoms with Crippen molar-refractivity contribution in [1.29, 1.82) is 0 Å². The summed E-state index contributed by atoms with van der Waals surface area (Å²) in [4.78, 5) is 29.8. The molecule has 2 amide bonds. The molecular weight excluding hydrogens is 372 g/mol. The van der Waals surface area contributed by atoms with E-state index in [9.17, 15) is 9.59 Å². The maximum atomic E-state index is 12.8. The van der Waals surface area contributed by atoms with Gasteiger partial charge in [0, 0.05) is 18.1 Å². The van der Waals surface area contributed by atoms with Crippen LogP contribution in [0.1, 0.15) is 42.0 Å². The summed E-state index contributed by atoms with van der Waals surface area (Å²) in [7, 11) is 0. The van der Waals surface area contributed by atoms with E-state index < -0.39 is 6.04 Å². The molecule has 146 valence electrons. The molecule has 0 aliphatic rings. The summed E-state index contributed by atoms with van der Waals surface area (Å²) in [6, 6.07) is 10.7. The normalized spacial score (nSPS) is 13.1. The lowest BCUT2D eigenvalue weighted by molar-refractivity contribution is -0.124. The summed E-state index contributed by atoms with van der Waals surface area (Å²) in [5, 5.41) is 7.71. The van der Waals surface area contributed by atoms with Gasteiger partial charge in [-0.25, -0.2) is 4.98 Å². The van der Waals surface area contributed by atoms with E-state index in [1.807, 2.05) is 67.2 Å². The molecule has 3 rings (SSSR count). The van der Waals surface area contributed by atoms with E-state index >= 15 is 0 Å². The van der Waals surface area contributed by atoms with Crippen LogP contribution in [0.5, 0.6) is 0 Å². The van der Waals surface area contributed by atoms with Crippen molar-refractivity contribution in [1.82, 2.24) is 20.2 Å². The molecule has 2 unspecified atom stereocenters. The largest absolute Gasteiger partial charge is 0.348 e. The minimum Gasteiger partial charge on any atom is -0.348 e. The zero-order valence-corrected chi connectivity index (χ0v) is 16.9. The topological polar surface area (TPSA) is 76.0 Å². The molecule has 28 heavy (non-hydrogen) atoms. The Morgan fingerprint density at radius 2 is 1.82 bits per heavy atom. The molecule has 0 aliphatic carbocycles. The van der Waals surface area contributed by atoms with Crippen molar-refractivity contribution >= 4 is 23.2 Å². The van der Waals surface area contributed by atoms with E-state index in [1.54, 1.807) is 18.6 Å². The molecule has 0 radical (unpaired) electrons. The van der Waals surface area contributed by atoms with Crippen LogP contribution in [0, 0.1) is 5.92 Å². The number of amides is 2. The zero-order valence-electron chi connectivity index (χ0n) is 16.1. The molecular formula is C21H24N4O2S. The first-order valence-corrected chi connectivity index (χ1v) is 10.1. The van der Waals surface area contributed by atoms with Gasteiger partial charge in [-0.2, -0.15) is 0 Å². The van der Waals surface area contributed by atoms with Crippen LogP contribution in [0.2, 0.25) is 0 Å². The number of nitrogens with one attached hydrogen (secondary N) is 2. The second-order valence-corrected chi connectivity index (χ2v) is 7.91. The third-order valence-corrected chi connectivity index (χ3v) is 5.40. The highest BCUT2D eigenvalue weighted by Crippen LogP contribution is 2.17. The summed E-state index contributed by atoms with van der Waals surface area (Å²) >= 11 is 1.36. The van der Waals surface area contributed by atoms with Crippen molar-refractivity contribution in [3.05, 3.63) is 70.9 Å². The average Bonchev–Trinajstić information content (AvgIpc) is 3.39. The Kier molecular flexibility index (Phi) is 6.26. The molecule has 3 aromatic rings. The standard InChI is InChI=1S/C21H24N4O2S/c1-14(2)19(24-20(26)18-5-4-12-28-18)21(27)23-15(3)16-6-8-17(9-7-16)25-11-10-22-13-25/h4-15,19H,1-3H3,(H,23,27)(H,24,26). The van der Waals surface area contributed by atoms with Gasteiger partial charge in [-0.05, 0) is 42.0 Å². The Hall–Kier alpha value is -2.93. The monoisotopic (exact) mass is 396 g/mol. The highest BCUT2D eigenvalue weighted by atomic mass is 32.1. The molecule has 6 nitrogen and oxygen atoms in total. The van der Waals surface area contributed by atoms with E-state index in [-0.39, 0.29) is 23.8 Å². The highest BCUT2D eigenvalue weighted by molar-refractivity contribution is 7.12. The van der Waals surface area contributed by atoms with Crippen LogP contribution in [0.25, 0.3) is 5.69 Å². The van der Waals surface area contributed by atoms with Gasteiger partial charge in [0.05, 0.1) is 17.2 Å². The number of hydrogen-bond acceptors (Lipinski definition) is 4. The van der Waals surface area contributed by atoms with E-state index in [2.05, 4.69) is 15.6 Å². The lowest BCUT2D eigenvalue weighted by Crippen LogP contribution is -2.50. The number of aromatic nitrogens is 2. The molecule has 0 spiro atoms. The molecule has 0 saturated carbocycles. The Balaban J connectivity index is 1.64. The fraction of sp³-hybridized carbons (Fsp3) is 0.286. The molecule has 0 fully saturated rings. The number of benzene rings is 1. The predicted molar refractivity (Wildman–Crippen MR) is 111 cm³/mol. The molecule has 2 atom stereocenters. The first kappa shape index (κ1) is 19.8. The Morgan fingerprint density at radius 1 is 1.07 bits per heavy atom. The number of nitrogens with zero attached hydrogens (tertiary/aromatic N) is 2. The van der Waals surface area contributed by atoms with Crippen LogP contribution >= 0.6 is 11.3 Å². The number of imidazole rings is 1. The molecule has 2 aromatic heterocycles. The number of thiophene rings is 1. The van der Waals surface area contributed by atoms with Crippen LogP contribution in [-0.2, 0) is 4.79 Å². The molecule has 7 heteroatoms. The van der Waals surface area contributed by atoms with E-state index in [4.69, 9.17) is 0 Å². The summed E-state index contributed by atoms with van der Waals surface area (Å²) in [6.07, 6.45) is 5.35. The van der Waals surface area contributed by atoms with Crippen LogP contribution in [0.3, 0.4) is 0 Å². The lowest BCUT2D eigenvalue weighted by atomic mass is 10.0. The lowest BCUT2D eigenvalue weighted by Gasteiger charge is -2.24. The van der Waals surface area contributed by atoms with Crippen LogP contribution in [0.15, 0.2) is 60.5 Å². The molecule has 0 aliphatic heterocycles. The smallest absolute Gasteiger partial charge is 0.262 e. The maximum absolute atomic E-state index is 12.8. The highest BCUT2D eigenvalue weighted by Gasteiger charge is 2.26. The Morgan fingerprint density at radius 3 is 2.39 bits per heavy atom. The fourth-order valence-corrected chi connectivity index (χ4v) is 3.52. The van der Waals surface area contributed by atoms with Gasteiger partial charge in [0.1, 0.15) is 6.04 Å². The molecule has 0 saturated heterocycles. The van der Waals surface area contributed by atoms with Gasteiger partial charge in [-0.1, -0.05) is 32.0 Å². The van der Waals surface area contributed by atoms with Crippen molar-refractivity contribution in [2.45, 2.75) is 32.9 Å². The second-order valence-electron chi connectivity index (χ2n) is 6.96. The van der Waals surface area contributed by atoms with Crippen LogP contribution < -0.4 is 10.6 Å². The molecule has 1 aromatic carbocycles. The van der Waals surface area contributed by atoms with E-state index in [0.29, 0.717) is 4.88 Å². The van der Waals surface area contributed by atoms with E-state index in [0.717, 1.165) is 11.3 Å². The number of carbonyl (C=O) groups excluding carboxylic acids is 2. The van der Waals surface area contributed by atoms with Crippen molar-refractivity contribution in [2.75, 3.05) is 0 Å². The SMILES string of the molecule is CC(NC(=O)C(NC(=O)c1cccs1)C(C)C)c1ccc(-n2ccnc2)cc1. The van der Waals surface area contributed by atoms with Crippen LogP contribution in [-0.4, -0.2) is 27.4 Å². The van der Waals surface area contributed by atoms with Gasteiger partial charge < -0.3 is 15.2 Å². The van der Waals surface area contributed by atoms with Gasteiger partial charge in [-0.3, -0.25) is 9.59 Å². The Labute approximate surface area is 168 Å². The average molecular weight is 397 g/mol. The van der Waals surface area contributed by atoms with Gasteiger partial charge in [0.15, 0.2) is 0 Å². The third kappa shape index (κ3) is 4.67. The van der Waals surface area contributed by atoms with Crippen molar-refractivity contribution < 1.29 is 9.59 Å². The second kappa shape index (κ2) is 8.84. The Bertz CT molecular complexity index is 903. The first-order chi connectivity index (χ1) is 13.5. The third-order valence-electron chi connectivity index (χ3n) is 4.54. The molecule has 2 N–H and O–H groups in total. The molecule has 0 bridgehead atoms. The number of rotatable bonds is 7. The summed E-state index contributed by atoms with van der Waals surface area (Å²) in [5.74, 6) is -0.438. The van der Waals surface area contributed by atoms with Gasteiger partial charge >= 0.3 is 0 Å². The number of hydrogen-bond donors (Lipinski definition) is 2. The van der Waals surface area contributed by atoms with Crippen molar-refractivity contribution in [3.63, 3.8) is 0 Å². The van der Waals surface area contributed by atoms with Crippen LogP contribution in [0.4, 0.5) is 0 Å². The fourth-order valence-electron chi connectivity index (χ4n) is 2.89. The number of carbonyl (C=O) groups is 2. The first-order valence-electron chi connectivity index (χ1n) is 9.18. The zero-order chi connectivity index (χ0) is 20.1.